The zero-order chi connectivity index (χ0) is 24.1. The maximum atomic E-state index is 10.8. The van der Waals surface area contributed by atoms with Crippen LogP contribution >= 0.6 is 0 Å². The van der Waals surface area contributed by atoms with Gasteiger partial charge in [-0.3, -0.25) is 4.98 Å². The summed E-state index contributed by atoms with van der Waals surface area (Å²) in [5, 5.41) is 32.0. The monoisotopic (exact) mass is 455 g/mol. The molecule has 8 heteroatoms. The van der Waals surface area contributed by atoms with Gasteiger partial charge in [-0.1, -0.05) is 18.2 Å². The third-order valence-electron chi connectivity index (χ3n) is 6.07. The van der Waals surface area contributed by atoms with Crippen LogP contribution in [-0.4, -0.2) is 46.4 Å². The van der Waals surface area contributed by atoms with E-state index in [0.717, 1.165) is 35.4 Å². The van der Waals surface area contributed by atoms with Gasteiger partial charge in [0, 0.05) is 40.6 Å². The molecule has 0 saturated heterocycles. The Balaban J connectivity index is 1.50. The Labute approximate surface area is 198 Å². The first kappa shape index (κ1) is 22.2. The molecule has 1 aromatic carbocycles. The van der Waals surface area contributed by atoms with E-state index in [0.29, 0.717) is 22.4 Å². The second-order valence-electron chi connectivity index (χ2n) is 10.1. The summed E-state index contributed by atoms with van der Waals surface area (Å²) in [6, 6.07) is 11.4. The fourth-order valence-corrected chi connectivity index (χ4v) is 4.85. The molecule has 0 fully saturated rings. The number of pyridine rings is 1. The fourth-order valence-electron chi connectivity index (χ4n) is 4.85. The lowest BCUT2D eigenvalue weighted by Gasteiger charge is -2.40. The van der Waals surface area contributed by atoms with Crippen LogP contribution in [0, 0.1) is 0 Å². The zero-order valence-electron chi connectivity index (χ0n) is 20.2. The van der Waals surface area contributed by atoms with Gasteiger partial charge >= 0.3 is 0 Å². The molecule has 0 atom stereocenters. The summed E-state index contributed by atoms with van der Waals surface area (Å²) in [6.07, 6.45) is 5.60. The lowest BCUT2D eigenvalue weighted by atomic mass is 9.86. The molecule has 34 heavy (non-hydrogen) atoms. The molecular weight excluding hydrogens is 426 g/mol. The Morgan fingerprint density at radius 2 is 1.79 bits per heavy atom. The van der Waals surface area contributed by atoms with Crippen molar-refractivity contribution in [3.05, 3.63) is 54.4 Å². The van der Waals surface area contributed by atoms with Crippen molar-refractivity contribution < 1.29 is 5.11 Å². The molecular formula is C26H29N7O. The third kappa shape index (κ3) is 4.17. The lowest BCUT2D eigenvalue weighted by molar-refractivity contribution is 0.292. The molecule has 0 aliphatic carbocycles. The summed E-state index contributed by atoms with van der Waals surface area (Å²) in [5.41, 5.74) is 6.09. The van der Waals surface area contributed by atoms with Crippen LogP contribution in [0.3, 0.4) is 0 Å². The predicted molar refractivity (Wildman–Crippen MR) is 133 cm³/mol. The Bertz CT molecular complexity index is 1420. The van der Waals surface area contributed by atoms with Crippen molar-refractivity contribution in [1.82, 2.24) is 35.5 Å². The molecule has 0 saturated carbocycles. The number of rotatable bonds is 4. The van der Waals surface area contributed by atoms with Crippen molar-refractivity contribution in [3.63, 3.8) is 0 Å². The Hall–Kier alpha value is -3.65. The molecule has 8 nitrogen and oxygen atoms in total. The molecule has 3 aromatic heterocycles. The van der Waals surface area contributed by atoms with Crippen LogP contribution in [0.5, 0.6) is 5.75 Å². The molecule has 0 spiro atoms. The zero-order valence-corrected chi connectivity index (χ0v) is 20.2. The smallest absolute Gasteiger partial charge is 0.205 e. The number of nitrogens with one attached hydrogen (secondary N) is 1. The van der Waals surface area contributed by atoms with Crippen molar-refractivity contribution in [3.8, 4) is 28.1 Å². The summed E-state index contributed by atoms with van der Waals surface area (Å²) < 4.78 is 1.77. The summed E-state index contributed by atoms with van der Waals surface area (Å²) in [7, 11) is 0. The average Bonchev–Trinajstić information content (AvgIpc) is 3.20. The van der Waals surface area contributed by atoms with Gasteiger partial charge in [0.05, 0.1) is 5.69 Å². The molecule has 0 radical (unpaired) electrons. The predicted octanol–water partition coefficient (Wildman–Crippen LogP) is 4.61. The SMILES string of the molecule is CCc1cc(-c2ccc(-c3cc4nnn(C5=CC(C)(C)NC(C)(C)C5)c4nn3)c(O)c2)ccn1. The quantitative estimate of drug-likeness (QED) is 0.463. The van der Waals surface area contributed by atoms with Crippen molar-refractivity contribution in [2.45, 2.75) is 58.5 Å². The van der Waals surface area contributed by atoms with Gasteiger partial charge in [0.25, 0.3) is 0 Å². The molecule has 5 rings (SSSR count). The Morgan fingerprint density at radius 1 is 1.00 bits per heavy atom. The highest BCUT2D eigenvalue weighted by Gasteiger charge is 2.33. The number of fused-ring (bicyclic) bond motifs is 1. The average molecular weight is 456 g/mol. The Kier molecular flexibility index (Phi) is 5.20. The van der Waals surface area contributed by atoms with Gasteiger partial charge in [0.15, 0.2) is 0 Å². The maximum Gasteiger partial charge on any atom is 0.205 e. The van der Waals surface area contributed by atoms with E-state index in [2.05, 4.69) is 71.5 Å². The van der Waals surface area contributed by atoms with Gasteiger partial charge in [0.1, 0.15) is 11.3 Å². The summed E-state index contributed by atoms with van der Waals surface area (Å²) in [5.74, 6) is 0.137. The van der Waals surface area contributed by atoms with Crippen LogP contribution < -0.4 is 5.32 Å². The van der Waals surface area contributed by atoms with E-state index in [9.17, 15) is 5.11 Å². The normalized spacial score (nSPS) is 17.0. The van der Waals surface area contributed by atoms with E-state index in [1.807, 2.05) is 30.3 Å². The molecule has 1 aliphatic rings. The molecule has 0 unspecified atom stereocenters. The largest absolute Gasteiger partial charge is 0.507 e. The first-order valence-electron chi connectivity index (χ1n) is 11.5. The minimum absolute atomic E-state index is 0.0839. The maximum absolute atomic E-state index is 10.8. The minimum Gasteiger partial charge on any atom is -0.507 e. The van der Waals surface area contributed by atoms with Crippen molar-refractivity contribution in [2.24, 2.45) is 0 Å². The number of aromatic hydroxyl groups is 1. The second kappa shape index (κ2) is 7.99. The van der Waals surface area contributed by atoms with E-state index < -0.39 is 0 Å². The number of benzene rings is 1. The number of aryl methyl sites for hydroxylation is 1. The van der Waals surface area contributed by atoms with Crippen LogP contribution in [0.4, 0.5) is 0 Å². The molecule has 0 amide bonds. The van der Waals surface area contributed by atoms with E-state index >= 15 is 0 Å². The number of aromatic nitrogens is 6. The molecule has 1 aliphatic heterocycles. The summed E-state index contributed by atoms with van der Waals surface area (Å²) in [6.45, 7) is 10.7. The van der Waals surface area contributed by atoms with E-state index in [4.69, 9.17) is 0 Å². The molecule has 4 aromatic rings. The Morgan fingerprint density at radius 3 is 2.53 bits per heavy atom. The van der Waals surface area contributed by atoms with Crippen LogP contribution in [-0.2, 0) is 6.42 Å². The van der Waals surface area contributed by atoms with Gasteiger partial charge in [-0.05, 0) is 81.7 Å². The third-order valence-corrected chi connectivity index (χ3v) is 6.07. The molecule has 4 heterocycles. The fraction of sp³-hybridized carbons (Fsp3) is 0.346. The van der Waals surface area contributed by atoms with Crippen LogP contribution in [0.15, 0.2) is 48.7 Å². The van der Waals surface area contributed by atoms with E-state index in [-0.39, 0.29) is 16.8 Å². The van der Waals surface area contributed by atoms with E-state index in [1.54, 1.807) is 16.9 Å². The highest BCUT2D eigenvalue weighted by Crippen LogP contribution is 2.34. The number of phenolic OH excluding ortho intramolecular Hbond substituents is 1. The van der Waals surface area contributed by atoms with Gasteiger partial charge < -0.3 is 10.4 Å². The topological polar surface area (TPSA) is 102 Å². The van der Waals surface area contributed by atoms with Crippen molar-refractivity contribution in [2.75, 3.05) is 0 Å². The highest BCUT2D eigenvalue weighted by molar-refractivity contribution is 5.81. The number of hydrogen-bond donors (Lipinski definition) is 2. The number of nitrogens with zero attached hydrogens (tertiary/aromatic N) is 6. The van der Waals surface area contributed by atoms with Gasteiger partial charge in [-0.15, -0.1) is 15.3 Å². The highest BCUT2D eigenvalue weighted by atomic mass is 16.3. The van der Waals surface area contributed by atoms with Crippen molar-refractivity contribution in [1.29, 1.82) is 0 Å². The standard InChI is InChI=1S/C26H29N7O/c1-6-18-11-17(9-10-27-18)16-7-8-20(23(34)12-16)21-13-22-24(30-28-21)33(32-29-22)19-14-25(2,3)31-26(4,5)15-19/h7-14,31,34H,6,15H2,1-5H3. The molecule has 174 valence electrons. The molecule has 0 bridgehead atoms. The van der Waals surface area contributed by atoms with E-state index in [1.165, 1.54) is 0 Å². The van der Waals surface area contributed by atoms with Crippen LogP contribution in [0.25, 0.3) is 39.2 Å². The number of phenols is 1. The van der Waals surface area contributed by atoms with Crippen LogP contribution in [0.1, 0.15) is 46.7 Å². The minimum atomic E-state index is -0.178. The molecule has 2 N–H and O–H groups in total. The first-order chi connectivity index (χ1) is 16.1. The van der Waals surface area contributed by atoms with Crippen LogP contribution in [0.2, 0.25) is 0 Å². The summed E-state index contributed by atoms with van der Waals surface area (Å²) in [4.78, 5) is 4.35. The van der Waals surface area contributed by atoms with Crippen molar-refractivity contribution >= 4 is 16.9 Å². The summed E-state index contributed by atoms with van der Waals surface area (Å²) >= 11 is 0. The lowest BCUT2D eigenvalue weighted by Crippen LogP contribution is -2.54. The second-order valence-corrected chi connectivity index (χ2v) is 10.1. The van der Waals surface area contributed by atoms with Gasteiger partial charge in [-0.2, -0.15) is 4.68 Å². The first-order valence-corrected chi connectivity index (χ1v) is 11.5. The number of hydrogen-bond acceptors (Lipinski definition) is 7. The van der Waals surface area contributed by atoms with Gasteiger partial charge in [0.2, 0.25) is 5.65 Å². The van der Waals surface area contributed by atoms with Gasteiger partial charge in [-0.25, -0.2) is 0 Å².